The number of carbonyl (C=O) groups excluding carboxylic acids is 1. The summed E-state index contributed by atoms with van der Waals surface area (Å²) in [6, 6.07) is 4.26. The summed E-state index contributed by atoms with van der Waals surface area (Å²) >= 11 is 1.44. The first kappa shape index (κ1) is 17.0. The second-order valence-corrected chi connectivity index (χ2v) is 6.29. The Bertz CT molecular complexity index is 655. The van der Waals surface area contributed by atoms with Crippen molar-refractivity contribution in [3.63, 3.8) is 0 Å². The highest BCUT2D eigenvalue weighted by atomic mass is 35.5. The van der Waals surface area contributed by atoms with E-state index in [0.717, 1.165) is 29.6 Å². The van der Waals surface area contributed by atoms with E-state index in [4.69, 9.17) is 4.42 Å². The highest BCUT2D eigenvalue weighted by Crippen LogP contribution is 2.26. The first-order valence-electron chi connectivity index (χ1n) is 7.13. The Labute approximate surface area is 140 Å². The fourth-order valence-electron chi connectivity index (χ4n) is 2.53. The Kier molecular flexibility index (Phi) is 5.26. The van der Waals surface area contributed by atoms with Gasteiger partial charge in [0.15, 0.2) is 10.8 Å². The topological polar surface area (TPSA) is 58.4 Å². The molecular formula is C15H20ClN3O2S. The van der Waals surface area contributed by atoms with Crippen LogP contribution in [0.4, 0.5) is 0 Å². The summed E-state index contributed by atoms with van der Waals surface area (Å²) in [6.07, 6.45) is 0. The lowest BCUT2D eigenvalue weighted by atomic mass is 10.1. The van der Waals surface area contributed by atoms with E-state index in [9.17, 15) is 4.79 Å². The van der Waals surface area contributed by atoms with E-state index in [1.807, 2.05) is 29.3 Å². The summed E-state index contributed by atoms with van der Waals surface area (Å²) in [4.78, 5) is 19.0. The van der Waals surface area contributed by atoms with Crippen molar-refractivity contribution in [1.29, 1.82) is 0 Å². The number of amides is 1. The zero-order valence-corrected chi connectivity index (χ0v) is 14.5. The Hall–Kier alpha value is -1.37. The number of piperazine rings is 1. The third kappa shape index (κ3) is 3.19. The van der Waals surface area contributed by atoms with Crippen LogP contribution in [-0.2, 0) is 0 Å². The number of hydrogen-bond donors (Lipinski definition) is 1. The van der Waals surface area contributed by atoms with Gasteiger partial charge in [-0.1, -0.05) is 0 Å². The number of rotatable bonds is 2. The average molecular weight is 342 g/mol. The maximum absolute atomic E-state index is 12.6. The molecular weight excluding hydrogens is 322 g/mol. The molecule has 3 heterocycles. The van der Waals surface area contributed by atoms with Gasteiger partial charge in [0.1, 0.15) is 11.5 Å². The summed E-state index contributed by atoms with van der Waals surface area (Å²) in [7, 11) is 0. The van der Waals surface area contributed by atoms with E-state index in [0.29, 0.717) is 11.7 Å². The van der Waals surface area contributed by atoms with Gasteiger partial charge in [0.2, 0.25) is 0 Å². The second-order valence-electron chi connectivity index (χ2n) is 5.43. The normalized spacial score (nSPS) is 21.5. The first-order valence-corrected chi connectivity index (χ1v) is 8.01. The summed E-state index contributed by atoms with van der Waals surface area (Å²) < 4.78 is 5.56. The van der Waals surface area contributed by atoms with E-state index >= 15 is 0 Å². The van der Waals surface area contributed by atoms with Crippen LogP contribution in [0.3, 0.4) is 0 Å². The van der Waals surface area contributed by atoms with Gasteiger partial charge in [0.25, 0.3) is 5.91 Å². The number of aromatic nitrogens is 1. The SMILES string of the molecule is Cc1ccc(-c2nc(C(=O)N3CCNC(C)C3C)cs2)o1.Cl. The molecule has 1 aliphatic heterocycles. The van der Waals surface area contributed by atoms with Crippen molar-refractivity contribution >= 4 is 29.7 Å². The van der Waals surface area contributed by atoms with Crippen LogP contribution >= 0.6 is 23.7 Å². The summed E-state index contributed by atoms with van der Waals surface area (Å²) in [5.41, 5.74) is 0.505. The van der Waals surface area contributed by atoms with E-state index in [1.165, 1.54) is 11.3 Å². The predicted octanol–water partition coefficient (Wildman–Crippen LogP) is 2.96. The number of thiazole rings is 1. The molecule has 2 aromatic rings. The lowest BCUT2D eigenvalue weighted by molar-refractivity contribution is 0.0598. The van der Waals surface area contributed by atoms with Crippen LogP contribution in [0.5, 0.6) is 0 Å². The Morgan fingerprint density at radius 3 is 2.91 bits per heavy atom. The van der Waals surface area contributed by atoms with Crippen molar-refractivity contribution in [2.75, 3.05) is 13.1 Å². The molecule has 0 radical (unpaired) electrons. The third-order valence-electron chi connectivity index (χ3n) is 3.97. The molecule has 1 amide bonds. The van der Waals surface area contributed by atoms with Gasteiger partial charge in [0.05, 0.1) is 0 Å². The Morgan fingerprint density at radius 2 is 2.23 bits per heavy atom. The Morgan fingerprint density at radius 1 is 1.45 bits per heavy atom. The van der Waals surface area contributed by atoms with Crippen molar-refractivity contribution in [3.8, 4) is 10.8 Å². The number of nitrogens with one attached hydrogen (secondary N) is 1. The van der Waals surface area contributed by atoms with E-state index in [-0.39, 0.29) is 24.4 Å². The minimum Gasteiger partial charge on any atom is -0.459 e. The molecule has 7 heteroatoms. The zero-order valence-electron chi connectivity index (χ0n) is 12.8. The fraction of sp³-hybridized carbons (Fsp3) is 0.467. The molecule has 5 nitrogen and oxygen atoms in total. The van der Waals surface area contributed by atoms with Crippen molar-refractivity contribution < 1.29 is 9.21 Å². The van der Waals surface area contributed by atoms with Gasteiger partial charge in [-0.2, -0.15) is 0 Å². The molecule has 0 aliphatic carbocycles. The zero-order chi connectivity index (χ0) is 15.0. The minimum atomic E-state index is 0. The molecule has 22 heavy (non-hydrogen) atoms. The molecule has 0 spiro atoms. The molecule has 2 aromatic heterocycles. The predicted molar refractivity (Wildman–Crippen MR) is 89.8 cm³/mol. The number of carbonyl (C=O) groups is 1. The van der Waals surface area contributed by atoms with Gasteiger partial charge in [-0.3, -0.25) is 4.79 Å². The molecule has 2 unspecified atom stereocenters. The molecule has 1 fully saturated rings. The summed E-state index contributed by atoms with van der Waals surface area (Å²) in [6.45, 7) is 7.61. The van der Waals surface area contributed by atoms with Crippen molar-refractivity contribution in [2.24, 2.45) is 0 Å². The van der Waals surface area contributed by atoms with Crippen LogP contribution in [0.25, 0.3) is 10.8 Å². The standard InChI is InChI=1S/C15H19N3O2S.ClH/c1-9-4-5-13(20-9)14-17-12(8-21-14)15(19)18-7-6-16-10(2)11(18)3;/h4-5,8,10-11,16H,6-7H2,1-3H3;1H. The molecule has 3 rings (SSSR count). The molecule has 2 atom stereocenters. The van der Waals surface area contributed by atoms with E-state index < -0.39 is 0 Å². The van der Waals surface area contributed by atoms with Crippen LogP contribution in [0.1, 0.15) is 30.1 Å². The van der Waals surface area contributed by atoms with Gasteiger partial charge in [-0.25, -0.2) is 4.98 Å². The van der Waals surface area contributed by atoms with Crippen LogP contribution in [0.2, 0.25) is 0 Å². The molecule has 0 bridgehead atoms. The lowest BCUT2D eigenvalue weighted by Gasteiger charge is -2.38. The fourth-order valence-corrected chi connectivity index (χ4v) is 3.28. The number of nitrogens with zero attached hydrogens (tertiary/aromatic N) is 2. The number of hydrogen-bond acceptors (Lipinski definition) is 5. The van der Waals surface area contributed by atoms with Crippen LogP contribution in [0.15, 0.2) is 21.9 Å². The molecule has 1 aliphatic rings. The molecule has 0 aromatic carbocycles. The number of aryl methyl sites for hydroxylation is 1. The molecule has 0 saturated carbocycles. The van der Waals surface area contributed by atoms with Crippen LogP contribution in [0, 0.1) is 6.92 Å². The monoisotopic (exact) mass is 341 g/mol. The van der Waals surface area contributed by atoms with Crippen molar-refractivity contribution in [3.05, 3.63) is 29.0 Å². The highest BCUT2D eigenvalue weighted by Gasteiger charge is 2.30. The Balaban J connectivity index is 0.00000176. The smallest absolute Gasteiger partial charge is 0.273 e. The van der Waals surface area contributed by atoms with E-state index in [1.54, 1.807) is 0 Å². The number of furan rings is 1. The highest BCUT2D eigenvalue weighted by molar-refractivity contribution is 7.13. The largest absolute Gasteiger partial charge is 0.459 e. The maximum Gasteiger partial charge on any atom is 0.273 e. The maximum atomic E-state index is 12.6. The van der Waals surface area contributed by atoms with Crippen molar-refractivity contribution in [1.82, 2.24) is 15.2 Å². The van der Waals surface area contributed by atoms with Gasteiger partial charge < -0.3 is 14.6 Å². The summed E-state index contributed by atoms with van der Waals surface area (Å²) in [5, 5.41) is 5.94. The van der Waals surface area contributed by atoms with Gasteiger partial charge in [-0.05, 0) is 32.9 Å². The van der Waals surface area contributed by atoms with Crippen LogP contribution < -0.4 is 5.32 Å². The van der Waals surface area contributed by atoms with E-state index in [2.05, 4.69) is 24.1 Å². The van der Waals surface area contributed by atoms with Gasteiger partial charge in [-0.15, -0.1) is 23.7 Å². The average Bonchev–Trinajstić information content (AvgIpc) is 3.09. The van der Waals surface area contributed by atoms with Crippen molar-refractivity contribution in [2.45, 2.75) is 32.9 Å². The molecule has 1 saturated heterocycles. The molecule has 1 N–H and O–H groups in total. The summed E-state index contributed by atoms with van der Waals surface area (Å²) in [5.74, 6) is 1.57. The lowest BCUT2D eigenvalue weighted by Crippen LogP contribution is -2.57. The van der Waals surface area contributed by atoms with Gasteiger partial charge >= 0.3 is 0 Å². The van der Waals surface area contributed by atoms with Gasteiger partial charge in [0, 0.05) is 30.6 Å². The minimum absolute atomic E-state index is 0. The third-order valence-corrected chi connectivity index (χ3v) is 4.83. The molecule has 120 valence electrons. The van der Waals surface area contributed by atoms with Crippen LogP contribution in [-0.4, -0.2) is 41.0 Å². The first-order chi connectivity index (χ1) is 10.1. The second kappa shape index (κ2) is 6.81. The quantitative estimate of drug-likeness (QED) is 0.912. The number of halogens is 1.